The Kier molecular flexibility index (Phi) is 8.25. The van der Waals surface area contributed by atoms with E-state index in [0.717, 1.165) is 53.6 Å². The topological polar surface area (TPSA) is 142 Å². The minimum atomic E-state index is -0.179. The number of urea groups is 1. The lowest BCUT2D eigenvalue weighted by Gasteiger charge is -2.36. The molecular formula is C35H33N11O. The highest BCUT2D eigenvalue weighted by Gasteiger charge is 2.31. The van der Waals surface area contributed by atoms with E-state index in [1.54, 1.807) is 34.4 Å². The van der Waals surface area contributed by atoms with Crippen LogP contribution < -0.4 is 15.5 Å². The summed E-state index contributed by atoms with van der Waals surface area (Å²) in [5.41, 5.74) is 5.52. The number of imidazole rings is 1. The number of anilines is 2. The molecule has 12 heteroatoms. The van der Waals surface area contributed by atoms with Crippen molar-refractivity contribution < 1.29 is 4.79 Å². The molecule has 0 aliphatic heterocycles. The van der Waals surface area contributed by atoms with E-state index in [0.29, 0.717) is 29.6 Å². The fourth-order valence-electron chi connectivity index (χ4n) is 6.06. The fourth-order valence-corrected chi connectivity index (χ4v) is 6.06. The molecule has 12 nitrogen and oxygen atoms in total. The average Bonchev–Trinajstić information content (AvgIpc) is 3.77. The zero-order chi connectivity index (χ0) is 32.2. The first-order valence-corrected chi connectivity index (χ1v) is 15.6. The molecule has 2 amide bonds. The number of rotatable bonds is 8. The van der Waals surface area contributed by atoms with Crippen LogP contribution in [0.5, 0.6) is 0 Å². The van der Waals surface area contributed by atoms with E-state index >= 15 is 0 Å². The van der Waals surface area contributed by atoms with Crippen LogP contribution in [0.25, 0.3) is 28.0 Å². The molecule has 1 saturated carbocycles. The van der Waals surface area contributed by atoms with E-state index in [4.69, 9.17) is 9.97 Å². The Balaban J connectivity index is 1.07. The number of nitriles is 1. The quantitative estimate of drug-likeness (QED) is 0.223. The van der Waals surface area contributed by atoms with Gasteiger partial charge in [0.2, 0.25) is 5.95 Å². The molecule has 1 aliphatic rings. The number of nitrogens with zero attached hydrogens (tertiary/aromatic N) is 9. The molecule has 0 saturated heterocycles. The van der Waals surface area contributed by atoms with Crippen molar-refractivity contribution >= 4 is 23.4 Å². The third kappa shape index (κ3) is 6.50. The van der Waals surface area contributed by atoms with E-state index in [1.807, 2.05) is 84.6 Å². The van der Waals surface area contributed by atoms with Crippen molar-refractivity contribution in [2.45, 2.75) is 44.3 Å². The van der Waals surface area contributed by atoms with Crippen molar-refractivity contribution in [3.05, 3.63) is 109 Å². The smallest absolute Gasteiger partial charge is 0.323 e. The largest absolute Gasteiger partial charge is 0.351 e. The maximum atomic E-state index is 13.7. The molecular weight excluding hydrogens is 590 g/mol. The Labute approximate surface area is 271 Å². The number of nitrogens with one attached hydrogen (secondary N) is 2. The molecule has 0 atom stereocenters. The van der Waals surface area contributed by atoms with Gasteiger partial charge in [-0.3, -0.25) is 9.58 Å². The third-order valence-electron chi connectivity index (χ3n) is 8.50. The van der Waals surface area contributed by atoms with Crippen molar-refractivity contribution in [1.29, 1.82) is 5.26 Å². The fraction of sp³-hybridized carbons (Fsp3) is 0.229. The first-order chi connectivity index (χ1) is 23.0. The lowest BCUT2D eigenvalue weighted by atomic mass is 9.90. The van der Waals surface area contributed by atoms with Gasteiger partial charge in [0.25, 0.3) is 0 Å². The number of hydrogen-bond acceptors (Lipinski definition) is 8. The molecule has 0 unspecified atom stereocenters. The van der Waals surface area contributed by atoms with E-state index < -0.39 is 0 Å². The summed E-state index contributed by atoms with van der Waals surface area (Å²) in [6, 6.07) is 19.7. The summed E-state index contributed by atoms with van der Waals surface area (Å²) < 4.78 is 3.65. The summed E-state index contributed by atoms with van der Waals surface area (Å²) in [4.78, 5) is 33.8. The van der Waals surface area contributed by atoms with Crippen molar-refractivity contribution in [3.63, 3.8) is 0 Å². The molecule has 1 aromatic carbocycles. The number of carbonyl (C=O) groups is 1. The molecule has 0 spiro atoms. The summed E-state index contributed by atoms with van der Waals surface area (Å²) >= 11 is 0. The van der Waals surface area contributed by atoms with Crippen molar-refractivity contribution in [2.75, 3.05) is 10.2 Å². The van der Waals surface area contributed by atoms with E-state index in [-0.39, 0.29) is 18.1 Å². The Morgan fingerprint density at radius 1 is 0.936 bits per heavy atom. The average molecular weight is 624 g/mol. The zero-order valence-electron chi connectivity index (χ0n) is 25.9. The SMILES string of the molecule is Cn1cc(-c2ccc(N(C(=O)NCc3ccccc3)[C@H]3CC[C@H](Nc4ncc(C#N)c(-c5ccc6nccn6c5)n4)CC3)nc2)cn1. The predicted octanol–water partition coefficient (Wildman–Crippen LogP) is 5.60. The number of fused-ring (bicyclic) bond motifs is 1. The number of amides is 2. The van der Waals surface area contributed by atoms with Gasteiger partial charge in [0.05, 0.1) is 23.7 Å². The molecule has 1 aliphatic carbocycles. The van der Waals surface area contributed by atoms with Crippen LogP contribution in [-0.4, -0.2) is 52.2 Å². The molecule has 1 fully saturated rings. The van der Waals surface area contributed by atoms with Crippen LogP contribution in [0, 0.1) is 11.3 Å². The molecule has 5 heterocycles. The van der Waals surface area contributed by atoms with Gasteiger partial charge < -0.3 is 15.0 Å². The summed E-state index contributed by atoms with van der Waals surface area (Å²) in [7, 11) is 1.88. The molecule has 7 rings (SSSR count). The van der Waals surface area contributed by atoms with Gasteiger partial charge in [0, 0.05) is 73.4 Å². The first-order valence-electron chi connectivity index (χ1n) is 15.6. The van der Waals surface area contributed by atoms with Gasteiger partial charge in [-0.15, -0.1) is 0 Å². The van der Waals surface area contributed by atoms with E-state index in [9.17, 15) is 10.1 Å². The number of pyridine rings is 2. The van der Waals surface area contributed by atoms with Gasteiger partial charge in [-0.25, -0.2) is 24.7 Å². The first kappa shape index (κ1) is 29.6. The minimum absolute atomic E-state index is 0.0417. The Morgan fingerprint density at radius 2 is 1.77 bits per heavy atom. The van der Waals surface area contributed by atoms with E-state index in [1.165, 1.54) is 0 Å². The molecule has 2 N–H and O–H groups in total. The second-order valence-corrected chi connectivity index (χ2v) is 11.7. The maximum absolute atomic E-state index is 13.7. The van der Waals surface area contributed by atoms with Gasteiger partial charge >= 0.3 is 6.03 Å². The molecule has 234 valence electrons. The molecule has 47 heavy (non-hydrogen) atoms. The van der Waals surface area contributed by atoms with Crippen LogP contribution in [0.2, 0.25) is 0 Å². The minimum Gasteiger partial charge on any atom is -0.351 e. The Hall–Kier alpha value is -6.09. The number of aryl methyl sites for hydroxylation is 1. The second-order valence-electron chi connectivity index (χ2n) is 11.7. The number of benzene rings is 1. The summed E-state index contributed by atoms with van der Waals surface area (Å²) in [6.07, 6.45) is 15.7. The highest BCUT2D eigenvalue weighted by Crippen LogP contribution is 2.30. The van der Waals surface area contributed by atoms with Crippen LogP contribution in [0.15, 0.2) is 98.0 Å². The molecule has 0 bridgehead atoms. The summed E-state index contributed by atoms with van der Waals surface area (Å²) in [5, 5.41) is 20.6. The molecule has 5 aromatic heterocycles. The van der Waals surface area contributed by atoms with Crippen LogP contribution in [-0.2, 0) is 13.6 Å². The van der Waals surface area contributed by atoms with Crippen LogP contribution >= 0.6 is 0 Å². The van der Waals surface area contributed by atoms with Crippen molar-refractivity contribution in [2.24, 2.45) is 7.05 Å². The highest BCUT2D eigenvalue weighted by molar-refractivity contribution is 5.91. The number of aromatic nitrogens is 7. The van der Waals surface area contributed by atoms with Crippen LogP contribution in [0.1, 0.15) is 36.8 Å². The third-order valence-corrected chi connectivity index (χ3v) is 8.50. The van der Waals surface area contributed by atoms with Crippen LogP contribution in [0.4, 0.5) is 16.6 Å². The van der Waals surface area contributed by atoms with Crippen LogP contribution in [0.3, 0.4) is 0 Å². The number of carbonyl (C=O) groups excluding carboxylic acids is 1. The van der Waals surface area contributed by atoms with Gasteiger partial charge in [0.1, 0.15) is 17.5 Å². The van der Waals surface area contributed by atoms with Gasteiger partial charge in [-0.2, -0.15) is 10.4 Å². The molecule has 0 radical (unpaired) electrons. The maximum Gasteiger partial charge on any atom is 0.323 e. The van der Waals surface area contributed by atoms with E-state index in [2.05, 4.69) is 31.8 Å². The normalized spacial score (nSPS) is 16.0. The Morgan fingerprint density at radius 3 is 2.51 bits per heavy atom. The van der Waals surface area contributed by atoms with Crippen molar-refractivity contribution in [3.8, 4) is 28.5 Å². The lowest BCUT2D eigenvalue weighted by molar-refractivity contribution is 0.240. The Bertz CT molecular complexity index is 2040. The second kappa shape index (κ2) is 13.1. The summed E-state index contributed by atoms with van der Waals surface area (Å²) in [6.45, 7) is 0.424. The lowest BCUT2D eigenvalue weighted by Crippen LogP contribution is -2.49. The zero-order valence-corrected chi connectivity index (χ0v) is 25.9. The standard InChI is InChI=1S/C35H33N11O/c1-44-22-28(21-41-44)25-7-14-32(38-19-25)46(35(47)40-18-24-5-3-2-4-6-24)30-11-9-29(10-12-30)42-34-39-20-27(17-36)33(43-34)26-8-13-31-37-15-16-45(31)23-26/h2-8,13-16,19-23,29-30H,9-12,18H2,1H3,(H,40,47)(H,39,42,43)/t29-,30-. The van der Waals surface area contributed by atoms with Gasteiger partial charge in [-0.1, -0.05) is 30.3 Å². The van der Waals surface area contributed by atoms with Crippen molar-refractivity contribution in [1.82, 2.24) is 39.4 Å². The van der Waals surface area contributed by atoms with Gasteiger partial charge in [0.15, 0.2) is 0 Å². The van der Waals surface area contributed by atoms with Gasteiger partial charge in [-0.05, 0) is 55.5 Å². The molecule has 6 aromatic rings. The monoisotopic (exact) mass is 623 g/mol. The highest BCUT2D eigenvalue weighted by atomic mass is 16.2. The number of hydrogen-bond donors (Lipinski definition) is 2. The summed E-state index contributed by atoms with van der Waals surface area (Å²) in [5.74, 6) is 1.08. The predicted molar refractivity (Wildman–Crippen MR) is 178 cm³/mol.